The molecule has 2 aromatic rings. The van der Waals surface area contributed by atoms with E-state index in [0.717, 1.165) is 55.9 Å². The van der Waals surface area contributed by atoms with E-state index >= 15 is 0 Å². The lowest BCUT2D eigenvalue weighted by molar-refractivity contribution is -0.908. The summed E-state index contributed by atoms with van der Waals surface area (Å²) in [6, 6.07) is 6.14. The molecule has 5 nitrogen and oxygen atoms in total. The van der Waals surface area contributed by atoms with Crippen molar-refractivity contribution in [2.45, 2.75) is 0 Å². The van der Waals surface area contributed by atoms with Gasteiger partial charge in [-0.3, -0.25) is 0 Å². The first-order chi connectivity index (χ1) is 10.2. The molecule has 21 heavy (non-hydrogen) atoms. The zero-order valence-electron chi connectivity index (χ0n) is 12.6. The predicted molar refractivity (Wildman–Crippen MR) is 85.8 cm³/mol. The second kappa shape index (κ2) is 6.60. The number of thiazole rings is 1. The smallest absolute Gasteiger partial charge is 0.185 e. The molecule has 0 aliphatic carbocycles. The number of hydrogen-bond acceptors (Lipinski definition) is 5. The summed E-state index contributed by atoms with van der Waals surface area (Å²) in [4.78, 5) is 8.18. The standard InChI is InChI=1S/C15H21N3O2S/c1-17(2)15-16-13-4-3-12(11-14(13)21-15)20-10-7-18-5-8-19-9-6-18/h3-4,11H,5-10H2,1-2H3/p+1. The molecule has 0 radical (unpaired) electrons. The van der Waals surface area contributed by atoms with E-state index in [2.05, 4.69) is 11.1 Å². The molecule has 3 rings (SSSR count). The second-order valence-corrected chi connectivity index (χ2v) is 6.49. The summed E-state index contributed by atoms with van der Waals surface area (Å²) < 4.78 is 12.4. The van der Waals surface area contributed by atoms with Gasteiger partial charge in [-0.1, -0.05) is 11.3 Å². The number of nitrogens with zero attached hydrogens (tertiary/aromatic N) is 2. The van der Waals surface area contributed by atoms with E-state index in [1.807, 2.05) is 31.1 Å². The topological polar surface area (TPSA) is 39.0 Å². The van der Waals surface area contributed by atoms with Crippen LogP contribution >= 0.6 is 11.3 Å². The molecule has 1 saturated heterocycles. The van der Waals surface area contributed by atoms with Crippen molar-refractivity contribution in [2.24, 2.45) is 0 Å². The summed E-state index contributed by atoms with van der Waals surface area (Å²) in [7, 11) is 4.03. The predicted octanol–water partition coefficient (Wildman–Crippen LogP) is 0.656. The van der Waals surface area contributed by atoms with Gasteiger partial charge in [0, 0.05) is 14.1 Å². The van der Waals surface area contributed by atoms with E-state index in [4.69, 9.17) is 9.47 Å². The van der Waals surface area contributed by atoms with E-state index in [0.29, 0.717) is 0 Å². The van der Waals surface area contributed by atoms with Crippen molar-refractivity contribution in [2.75, 3.05) is 58.5 Å². The number of fused-ring (bicyclic) bond motifs is 1. The number of quaternary nitrogens is 1. The van der Waals surface area contributed by atoms with Crippen molar-refractivity contribution in [1.82, 2.24) is 4.98 Å². The van der Waals surface area contributed by atoms with Crippen LogP contribution in [0, 0.1) is 0 Å². The van der Waals surface area contributed by atoms with Crippen LogP contribution in [0.2, 0.25) is 0 Å². The van der Waals surface area contributed by atoms with Crippen molar-refractivity contribution in [3.05, 3.63) is 18.2 Å². The summed E-state index contributed by atoms with van der Waals surface area (Å²) in [6.07, 6.45) is 0. The van der Waals surface area contributed by atoms with Crippen LogP contribution in [-0.4, -0.2) is 58.5 Å². The highest BCUT2D eigenvalue weighted by molar-refractivity contribution is 7.22. The number of benzene rings is 1. The van der Waals surface area contributed by atoms with Gasteiger partial charge in [-0.05, 0) is 18.2 Å². The lowest BCUT2D eigenvalue weighted by Gasteiger charge is -2.23. The quantitative estimate of drug-likeness (QED) is 0.881. The fourth-order valence-electron chi connectivity index (χ4n) is 2.40. The molecule has 0 saturated carbocycles. The van der Waals surface area contributed by atoms with Crippen LogP contribution < -0.4 is 14.5 Å². The maximum atomic E-state index is 5.89. The first kappa shape index (κ1) is 14.6. The Hall–Kier alpha value is -1.37. The maximum Gasteiger partial charge on any atom is 0.185 e. The third-order valence-corrected chi connectivity index (χ3v) is 4.84. The molecule has 1 aromatic heterocycles. The minimum atomic E-state index is 0.750. The molecule has 1 aliphatic heterocycles. The summed E-state index contributed by atoms with van der Waals surface area (Å²) in [5.74, 6) is 0.934. The molecular weight excluding hydrogens is 286 g/mol. The molecule has 0 spiro atoms. The van der Waals surface area contributed by atoms with E-state index < -0.39 is 0 Å². The third kappa shape index (κ3) is 3.64. The minimum Gasteiger partial charge on any atom is -0.488 e. The Labute approximate surface area is 129 Å². The number of hydrogen-bond donors (Lipinski definition) is 1. The van der Waals surface area contributed by atoms with Gasteiger partial charge in [-0.2, -0.15) is 0 Å². The largest absolute Gasteiger partial charge is 0.488 e. The van der Waals surface area contributed by atoms with Gasteiger partial charge in [-0.15, -0.1) is 0 Å². The fraction of sp³-hybridized carbons (Fsp3) is 0.533. The Bertz CT molecular complexity index is 594. The van der Waals surface area contributed by atoms with Crippen LogP contribution in [0.4, 0.5) is 5.13 Å². The van der Waals surface area contributed by atoms with Crippen LogP contribution in [0.15, 0.2) is 18.2 Å². The van der Waals surface area contributed by atoms with Gasteiger partial charge in [0.15, 0.2) is 5.13 Å². The molecule has 1 aromatic carbocycles. The van der Waals surface area contributed by atoms with Crippen molar-refractivity contribution in [3.63, 3.8) is 0 Å². The zero-order valence-corrected chi connectivity index (χ0v) is 13.4. The summed E-state index contributed by atoms with van der Waals surface area (Å²) in [5, 5.41) is 1.03. The number of ether oxygens (including phenoxy) is 2. The molecule has 0 unspecified atom stereocenters. The van der Waals surface area contributed by atoms with Crippen LogP contribution in [0.5, 0.6) is 5.75 Å². The van der Waals surface area contributed by atoms with E-state index in [9.17, 15) is 0 Å². The van der Waals surface area contributed by atoms with Crippen LogP contribution in [0.1, 0.15) is 0 Å². The van der Waals surface area contributed by atoms with Crippen molar-refractivity contribution in [3.8, 4) is 5.75 Å². The average Bonchev–Trinajstić information content (AvgIpc) is 2.92. The zero-order chi connectivity index (χ0) is 14.7. The first-order valence-electron chi connectivity index (χ1n) is 7.34. The normalized spacial score (nSPS) is 16.3. The number of aromatic nitrogens is 1. The number of nitrogens with one attached hydrogen (secondary N) is 1. The van der Waals surface area contributed by atoms with Gasteiger partial charge < -0.3 is 19.3 Å². The SMILES string of the molecule is CN(C)c1nc2ccc(OCC[NH+]3CCOCC3)cc2s1. The molecule has 0 bridgehead atoms. The lowest BCUT2D eigenvalue weighted by atomic mass is 10.3. The van der Waals surface area contributed by atoms with Crippen LogP contribution in [-0.2, 0) is 4.74 Å². The van der Waals surface area contributed by atoms with E-state index in [-0.39, 0.29) is 0 Å². The van der Waals surface area contributed by atoms with E-state index in [1.54, 1.807) is 16.2 Å². The molecule has 114 valence electrons. The first-order valence-corrected chi connectivity index (χ1v) is 8.16. The number of morpholine rings is 1. The van der Waals surface area contributed by atoms with Crippen molar-refractivity contribution < 1.29 is 14.4 Å². The fourth-order valence-corrected chi connectivity index (χ4v) is 3.31. The molecule has 0 atom stereocenters. The van der Waals surface area contributed by atoms with Gasteiger partial charge in [0.25, 0.3) is 0 Å². The Kier molecular flexibility index (Phi) is 4.57. The van der Waals surface area contributed by atoms with Gasteiger partial charge in [0.2, 0.25) is 0 Å². The second-order valence-electron chi connectivity index (χ2n) is 5.48. The molecule has 1 aliphatic rings. The van der Waals surface area contributed by atoms with Crippen LogP contribution in [0.25, 0.3) is 10.2 Å². The summed E-state index contributed by atoms with van der Waals surface area (Å²) in [5.41, 5.74) is 1.04. The lowest BCUT2D eigenvalue weighted by Crippen LogP contribution is -3.14. The Morgan fingerprint density at radius 3 is 2.90 bits per heavy atom. The van der Waals surface area contributed by atoms with Crippen LogP contribution in [0.3, 0.4) is 0 Å². The van der Waals surface area contributed by atoms with Gasteiger partial charge in [0.05, 0.1) is 23.4 Å². The van der Waals surface area contributed by atoms with E-state index in [1.165, 1.54) is 4.70 Å². The molecule has 0 amide bonds. The van der Waals surface area contributed by atoms with Gasteiger partial charge in [-0.25, -0.2) is 4.98 Å². The Morgan fingerprint density at radius 1 is 1.33 bits per heavy atom. The Balaban J connectivity index is 1.58. The minimum absolute atomic E-state index is 0.750. The summed E-state index contributed by atoms with van der Waals surface area (Å²) >= 11 is 1.69. The Morgan fingerprint density at radius 2 is 2.14 bits per heavy atom. The van der Waals surface area contributed by atoms with Crippen molar-refractivity contribution >= 4 is 26.7 Å². The van der Waals surface area contributed by atoms with Crippen molar-refractivity contribution in [1.29, 1.82) is 0 Å². The van der Waals surface area contributed by atoms with Gasteiger partial charge >= 0.3 is 0 Å². The molecular formula is C15H22N3O2S+. The molecule has 1 fully saturated rings. The number of anilines is 1. The average molecular weight is 308 g/mol. The number of rotatable bonds is 5. The van der Waals surface area contributed by atoms with Gasteiger partial charge in [0.1, 0.15) is 32.0 Å². The maximum absolute atomic E-state index is 5.89. The summed E-state index contributed by atoms with van der Waals surface area (Å²) in [6.45, 7) is 5.70. The highest BCUT2D eigenvalue weighted by Gasteiger charge is 2.13. The highest BCUT2D eigenvalue weighted by atomic mass is 32.1. The third-order valence-electron chi connectivity index (χ3n) is 3.66. The molecule has 2 heterocycles. The molecule has 6 heteroatoms. The monoisotopic (exact) mass is 308 g/mol. The highest BCUT2D eigenvalue weighted by Crippen LogP contribution is 2.30. The molecule has 1 N–H and O–H groups in total.